The smallest absolute Gasteiger partial charge is 0.280 e. The van der Waals surface area contributed by atoms with E-state index in [0.717, 1.165) is 16.5 Å². The molecule has 2 aromatic rings. The van der Waals surface area contributed by atoms with Gasteiger partial charge < -0.3 is 19.1 Å². The number of rotatable bonds is 2. The maximum atomic E-state index is 12.7. The number of carbonyl (C=O) groups excluding carboxylic acids is 1. The zero-order chi connectivity index (χ0) is 17.9. The van der Waals surface area contributed by atoms with Crippen molar-refractivity contribution in [2.24, 2.45) is 0 Å². The molecule has 0 N–H and O–H groups in total. The monoisotopic (exact) mass is 382 g/mol. The number of halogens is 2. The summed E-state index contributed by atoms with van der Waals surface area (Å²) in [5, 5.41) is 1.49. The molecule has 132 valence electrons. The molecule has 0 aliphatic carbocycles. The van der Waals surface area contributed by atoms with E-state index < -0.39 is 6.29 Å². The molecule has 6 nitrogen and oxygen atoms in total. The van der Waals surface area contributed by atoms with Gasteiger partial charge in [-0.3, -0.25) is 9.78 Å². The fraction of sp³-hybridized carbons (Fsp3) is 0.412. The molecule has 1 aromatic heterocycles. The minimum atomic E-state index is -0.875. The third-order valence-corrected chi connectivity index (χ3v) is 5.75. The Morgan fingerprint density at radius 3 is 2.76 bits per heavy atom. The summed E-state index contributed by atoms with van der Waals surface area (Å²) in [6.45, 7) is 2.33. The van der Waals surface area contributed by atoms with Crippen LogP contribution in [0.2, 0.25) is 10.0 Å². The van der Waals surface area contributed by atoms with Crippen LogP contribution in [-0.4, -0.2) is 42.9 Å². The van der Waals surface area contributed by atoms with Crippen molar-refractivity contribution in [2.75, 3.05) is 20.8 Å². The lowest BCUT2D eigenvalue weighted by molar-refractivity contribution is -0.201. The number of aromatic nitrogens is 1. The van der Waals surface area contributed by atoms with E-state index in [0.29, 0.717) is 27.9 Å². The average Bonchev–Trinajstić information content (AvgIpc) is 2.91. The molecule has 3 heterocycles. The van der Waals surface area contributed by atoms with E-state index in [2.05, 4.69) is 4.98 Å². The number of fused-ring (bicyclic) bond motifs is 5. The van der Waals surface area contributed by atoms with Crippen LogP contribution in [0.1, 0.15) is 30.1 Å². The lowest BCUT2D eigenvalue weighted by atomic mass is 9.99. The summed E-state index contributed by atoms with van der Waals surface area (Å²) in [5.41, 5.74) is 2.53. The number of hydrogen-bond donors (Lipinski definition) is 0. The Hall–Kier alpha value is -1.60. The second kappa shape index (κ2) is 5.99. The van der Waals surface area contributed by atoms with Crippen LogP contribution in [0.15, 0.2) is 12.3 Å². The molecule has 0 radical (unpaired) electrons. The Morgan fingerprint density at radius 1 is 1.32 bits per heavy atom. The first-order valence-corrected chi connectivity index (χ1v) is 8.56. The molecule has 0 bridgehead atoms. The SMILES string of the molecule is COc1cc2c3c(cnc2c(Cl)c1Cl)[C@H]1CO[C@H](OC)C(=O)N1[C@H]3C. The third-order valence-electron chi connectivity index (χ3n) is 4.91. The molecule has 4 rings (SSSR count). The van der Waals surface area contributed by atoms with E-state index in [-0.39, 0.29) is 18.0 Å². The topological polar surface area (TPSA) is 60.9 Å². The number of morpholine rings is 1. The third kappa shape index (κ3) is 2.25. The van der Waals surface area contributed by atoms with Crippen molar-refractivity contribution in [3.63, 3.8) is 0 Å². The second-order valence-electron chi connectivity index (χ2n) is 6.07. The number of pyridine rings is 1. The van der Waals surface area contributed by atoms with E-state index in [9.17, 15) is 4.79 Å². The first-order chi connectivity index (χ1) is 12.0. The second-order valence-corrected chi connectivity index (χ2v) is 6.82. The van der Waals surface area contributed by atoms with Crippen molar-refractivity contribution in [2.45, 2.75) is 25.3 Å². The van der Waals surface area contributed by atoms with Gasteiger partial charge in [0.2, 0.25) is 6.29 Å². The van der Waals surface area contributed by atoms with Gasteiger partial charge in [0.05, 0.1) is 36.3 Å². The number of nitrogens with zero attached hydrogens (tertiary/aromatic N) is 2. The highest BCUT2D eigenvalue weighted by Gasteiger charge is 2.46. The molecule has 1 saturated heterocycles. The summed E-state index contributed by atoms with van der Waals surface area (Å²) >= 11 is 12.6. The summed E-state index contributed by atoms with van der Waals surface area (Å²) in [6, 6.07) is 1.46. The van der Waals surface area contributed by atoms with Gasteiger partial charge in [-0.1, -0.05) is 23.2 Å². The number of hydrogen-bond acceptors (Lipinski definition) is 5. The van der Waals surface area contributed by atoms with Gasteiger partial charge in [-0.15, -0.1) is 0 Å². The van der Waals surface area contributed by atoms with Crippen molar-refractivity contribution in [1.82, 2.24) is 9.88 Å². The van der Waals surface area contributed by atoms with E-state index in [1.54, 1.807) is 11.1 Å². The Kier molecular flexibility index (Phi) is 4.03. The van der Waals surface area contributed by atoms with Crippen LogP contribution < -0.4 is 4.74 Å². The first-order valence-electron chi connectivity index (χ1n) is 7.80. The zero-order valence-corrected chi connectivity index (χ0v) is 15.4. The van der Waals surface area contributed by atoms with E-state index in [4.69, 9.17) is 37.4 Å². The van der Waals surface area contributed by atoms with E-state index in [1.165, 1.54) is 14.2 Å². The van der Waals surface area contributed by atoms with E-state index in [1.807, 2.05) is 13.0 Å². The number of carbonyl (C=O) groups is 1. The molecule has 2 aliphatic rings. The van der Waals surface area contributed by atoms with Crippen LogP contribution in [0.4, 0.5) is 0 Å². The fourth-order valence-corrected chi connectivity index (χ4v) is 4.24. The predicted molar refractivity (Wildman–Crippen MR) is 93.1 cm³/mol. The molecular weight excluding hydrogens is 367 g/mol. The van der Waals surface area contributed by atoms with Crippen LogP contribution in [0, 0.1) is 0 Å². The van der Waals surface area contributed by atoms with Crippen LogP contribution in [0.25, 0.3) is 10.9 Å². The van der Waals surface area contributed by atoms with Crippen molar-refractivity contribution in [3.05, 3.63) is 33.4 Å². The lowest BCUT2D eigenvalue weighted by Crippen LogP contribution is -2.48. The fourth-order valence-electron chi connectivity index (χ4n) is 3.78. The van der Waals surface area contributed by atoms with Gasteiger partial charge in [0.1, 0.15) is 10.8 Å². The molecule has 3 atom stereocenters. The Balaban J connectivity index is 1.94. The minimum Gasteiger partial charge on any atom is -0.495 e. The summed E-state index contributed by atoms with van der Waals surface area (Å²) < 4.78 is 16.0. The maximum Gasteiger partial charge on any atom is 0.280 e. The normalized spacial score (nSPS) is 25.2. The van der Waals surface area contributed by atoms with Crippen LogP contribution >= 0.6 is 23.2 Å². The molecule has 1 fully saturated rings. The number of amides is 1. The highest BCUT2D eigenvalue weighted by atomic mass is 35.5. The van der Waals surface area contributed by atoms with Gasteiger partial charge >= 0.3 is 0 Å². The first kappa shape index (κ1) is 16.8. The molecule has 0 spiro atoms. The molecule has 1 aromatic carbocycles. The summed E-state index contributed by atoms with van der Waals surface area (Å²) in [6.07, 6.45) is 0.872. The summed E-state index contributed by atoms with van der Waals surface area (Å²) in [7, 11) is 2.99. The Morgan fingerprint density at radius 2 is 2.08 bits per heavy atom. The van der Waals surface area contributed by atoms with Crippen molar-refractivity contribution in [1.29, 1.82) is 0 Å². The van der Waals surface area contributed by atoms with Crippen molar-refractivity contribution in [3.8, 4) is 5.75 Å². The summed E-state index contributed by atoms with van der Waals surface area (Å²) in [5.74, 6) is 0.284. The molecule has 0 unspecified atom stereocenters. The quantitative estimate of drug-likeness (QED) is 0.795. The minimum absolute atomic E-state index is 0.165. The lowest BCUT2D eigenvalue weighted by Gasteiger charge is -2.36. The average molecular weight is 383 g/mol. The van der Waals surface area contributed by atoms with Crippen molar-refractivity contribution < 1.29 is 19.0 Å². The van der Waals surface area contributed by atoms with Gasteiger partial charge in [0.25, 0.3) is 5.91 Å². The molecule has 1 amide bonds. The van der Waals surface area contributed by atoms with Gasteiger partial charge in [-0.25, -0.2) is 0 Å². The number of benzene rings is 1. The zero-order valence-electron chi connectivity index (χ0n) is 13.9. The van der Waals surface area contributed by atoms with E-state index >= 15 is 0 Å². The Labute approximate surface area is 154 Å². The predicted octanol–water partition coefficient (Wildman–Crippen LogP) is 3.50. The van der Waals surface area contributed by atoms with Gasteiger partial charge in [0, 0.05) is 24.3 Å². The maximum absolute atomic E-state index is 12.7. The highest BCUT2D eigenvalue weighted by Crippen LogP contribution is 2.49. The van der Waals surface area contributed by atoms with Crippen molar-refractivity contribution >= 4 is 40.0 Å². The van der Waals surface area contributed by atoms with Crippen LogP contribution in [0.3, 0.4) is 0 Å². The molecular formula is C17H16Cl2N2O4. The van der Waals surface area contributed by atoms with Crippen LogP contribution in [0.5, 0.6) is 5.75 Å². The number of ether oxygens (including phenoxy) is 3. The van der Waals surface area contributed by atoms with Gasteiger partial charge in [-0.2, -0.15) is 0 Å². The van der Waals surface area contributed by atoms with Crippen LogP contribution in [-0.2, 0) is 14.3 Å². The number of methoxy groups -OCH3 is 2. The molecule has 25 heavy (non-hydrogen) atoms. The molecule has 0 saturated carbocycles. The highest BCUT2D eigenvalue weighted by molar-refractivity contribution is 6.46. The molecule has 2 aliphatic heterocycles. The standard InChI is InChI=1S/C17H16Cl2N2O4/c1-7-12-8-4-11(23-2)13(18)14(19)15(8)20-5-9(12)10-6-25-17(24-3)16(22)21(7)10/h4-5,7,10,17H,6H2,1-3H3/t7-,10+,17-/m0/s1. The summed E-state index contributed by atoms with van der Waals surface area (Å²) in [4.78, 5) is 19.0. The molecule has 8 heteroatoms. The Bertz CT molecular complexity index is 889. The largest absolute Gasteiger partial charge is 0.495 e. The van der Waals surface area contributed by atoms with Gasteiger partial charge in [-0.05, 0) is 18.6 Å². The van der Waals surface area contributed by atoms with Gasteiger partial charge in [0.15, 0.2) is 0 Å².